The lowest BCUT2D eigenvalue weighted by molar-refractivity contribution is 0.340. The third kappa shape index (κ3) is 4.11. The largest absolute Gasteiger partial charge is 0.355 e. The van der Waals surface area contributed by atoms with Crippen LogP contribution in [0.1, 0.15) is 25.3 Å². The molecule has 1 aliphatic rings. The predicted molar refractivity (Wildman–Crippen MR) is 102 cm³/mol. The van der Waals surface area contributed by atoms with Crippen LogP contribution in [0.5, 0.6) is 0 Å². The molecule has 0 unspecified atom stereocenters. The minimum absolute atomic E-state index is 0.514. The zero-order valence-electron chi connectivity index (χ0n) is 14.1. The Morgan fingerprint density at radius 3 is 2.84 bits per heavy atom. The Hall–Kier alpha value is -1.69. The normalized spacial score (nSPS) is 21.3. The molecule has 132 valence electrons. The number of nitriles is 1. The number of piperidine rings is 1. The van der Waals surface area contributed by atoms with Gasteiger partial charge in [0.25, 0.3) is 0 Å². The highest BCUT2D eigenvalue weighted by atomic mass is 79.9. The van der Waals surface area contributed by atoms with E-state index in [1.54, 1.807) is 6.07 Å². The molecule has 3 rings (SSSR count). The van der Waals surface area contributed by atoms with Gasteiger partial charge in [0.1, 0.15) is 5.82 Å². The smallest absolute Gasteiger partial charge is 0.209 e. The van der Waals surface area contributed by atoms with Crippen LogP contribution in [0.15, 0.2) is 28.7 Å². The van der Waals surface area contributed by atoms with Crippen molar-refractivity contribution in [3.05, 3.63) is 34.3 Å². The van der Waals surface area contributed by atoms with E-state index in [1.807, 2.05) is 30.0 Å². The third-order valence-corrected chi connectivity index (χ3v) is 5.69. The molecule has 1 fully saturated rings. The van der Waals surface area contributed by atoms with Crippen molar-refractivity contribution in [2.24, 2.45) is 0 Å². The van der Waals surface area contributed by atoms with Crippen LogP contribution in [-0.2, 0) is 10.0 Å². The molecule has 1 atom stereocenters. The average molecular weight is 423 g/mol. The summed E-state index contributed by atoms with van der Waals surface area (Å²) in [6.45, 7) is 3.20. The van der Waals surface area contributed by atoms with Gasteiger partial charge in [0.2, 0.25) is 10.0 Å². The number of sulfonamides is 1. The molecule has 0 amide bonds. The van der Waals surface area contributed by atoms with Crippen molar-refractivity contribution in [2.45, 2.75) is 25.3 Å². The van der Waals surface area contributed by atoms with E-state index in [4.69, 9.17) is 0 Å². The molecule has 0 bridgehead atoms. The quantitative estimate of drug-likeness (QED) is 0.821. The average Bonchev–Trinajstić information content (AvgIpc) is 2.51. The predicted octanol–water partition coefficient (Wildman–Crippen LogP) is 2.78. The van der Waals surface area contributed by atoms with Gasteiger partial charge < -0.3 is 4.90 Å². The summed E-state index contributed by atoms with van der Waals surface area (Å²) in [5.74, 6) is 0.701. The molecule has 8 heteroatoms. The van der Waals surface area contributed by atoms with Crippen LogP contribution in [0.2, 0.25) is 0 Å². The molecule has 0 saturated carbocycles. The lowest BCUT2D eigenvalue weighted by atomic mass is 9.92. The Morgan fingerprint density at radius 1 is 1.40 bits per heavy atom. The van der Waals surface area contributed by atoms with Gasteiger partial charge in [0.05, 0.1) is 23.4 Å². The number of hydrogen-bond donors (Lipinski definition) is 1. The molecule has 1 saturated heterocycles. The third-order valence-electron chi connectivity index (χ3n) is 4.33. The van der Waals surface area contributed by atoms with Gasteiger partial charge in [-0.05, 0) is 44.0 Å². The summed E-state index contributed by atoms with van der Waals surface area (Å²) in [4.78, 5) is 6.73. The highest BCUT2D eigenvalue weighted by molar-refractivity contribution is 9.10. The van der Waals surface area contributed by atoms with E-state index in [9.17, 15) is 13.7 Å². The summed E-state index contributed by atoms with van der Waals surface area (Å²) in [7, 11) is -3.29. The van der Waals surface area contributed by atoms with Crippen LogP contribution in [0.25, 0.3) is 10.9 Å². The van der Waals surface area contributed by atoms with Gasteiger partial charge in [-0.25, -0.2) is 18.1 Å². The number of pyridine rings is 1. The Morgan fingerprint density at radius 2 is 2.16 bits per heavy atom. The molecule has 0 radical (unpaired) electrons. The van der Waals surface area contributed by atoms with Crippen LogP contribution in [0.3, 0.4) is 0 Å². The zero-order chi connectivity index (χ0) is 18.2. The lowest BCUT2D eigenvalue weighted by Gasteiger charge is -2.41. The number of fused-ring (bicyclic) bond motifs is 1. The molecule has 1 aliphatic heterocycles. The van der Waals surface area contributed by atoms with Crippen molar-refractivity contribution in [2.75, 3.05) is 24.2 Å². The second kappa shape index (κ2) is 6.56. The summed E-state index contributed by atoms with van der Waals surface area (Å²) >= 11 is 3.42. The molecule has 2 heterocycles. The van der Waals surface area contributed by atoms with E-state index < -0.39 is 15.6 Å². The van der Waals surface area contributed by atoms with Crippen LogP contribution in [0.4, 0.5) is 5.82 Å². The van der Waals surface area contributed by atoms with Crippen molar-refractivity contribution in [3.63, 3.8) is 0 Å². The van der Waals surface area contributed by atoms with Gasteiger partial charge in [-0.15, -0.1) is 0 Å². The van der Waals surface area contributed by atoms with E-state index >= 15 is 0 Å². The van der Waals surface area contributed by atoms with Gasteiger partial charge in [-0.1, -0.05) is 15.9 Å². The van der Waals surface area contributed by atoms with Crippen LogP contribution < -0.4 is 9.62 Å². The first-order valence-electron chi connectivity index (χ1n) is 7.93. The summed E-state index contributed by atoms with van der Waals surface area (Å²) in [6, 6.07) is 9.67. The van der Waals surface area contributed by atoms with Crippen molar-refractivity contribution >= 4 is 42.7 Å². The SMILES string of the molecule is C[C@]1(NS(C)(=O)=O)CCCN(c2cc(C#N)c3cc(Br)ccc3n2)C1. The number of aromatic nitrogens is 1. The van der Waals surface area contributed by atoms with Gasteiger partial charge in [-0.3, -0.25) is 0 Å². The monoisotopic (exact) mass is 422 g/mol. The molecular weight excluding hydrogens is 404 g/mol. The molecule has 1 aromatic carbocycles. The van der Waals surface area contributed by atoms with E-state index in [-0.39, 0.29) is 0 Å². The molecule has 6 nitrogen and oxygen atoms in total. The van der Waals surface area contributed by atoms with E-state index in [0.29, 0.717) is 17.9 Å². The molecule has 1 N–H and O–H groups in total. The van der Waals surface area contributed by atoms with E-state index in [0.717, 1.165) is 34.8 Å². The molecule has 2 aromatic rings. The number of anilines is 1. The second-order valence-electron chi connectivity index (χ2n) is 6.76. The first-order chi connectivity index (χ1) is 11.7. The van der Waals surface area contributed by atoms with Gasteiger partial charge in [0.15, 0.2) is 0 Å². The number of benzene rings is 1. The Balaban J connectivity index is 1.99. The number of nitrogens with one attached hydrogen (secondary N) is 1. The first kappa shape index (κ1) is 18.1. The maximum Gasteiger partial charge on any atom is 0.209 e. The standard InChI is InChI=1S/C17H19BrN4O2S/c1-17(21-25(2,23)24)6-3-7-22(11-17)16-8-12(10-19)14-9-13(18)4-5-15(14)20-16/h4-5,8-9,21H,3,6-7,11H2,1-2H3/t17-/m0/s1. The number of nitrogens with zero attached hydrogens (tertiary/aromatic N) is 3. The summed E-state index contributed by atoms with van der Waals surface area (Å²) < 4.78 is 27.0. The fraction of sp³-hybridized carbons (Fsp3) is 0.412. The van der Waals surface area contributed by atoms with E-state index in [2.05, 4.69) is 31.7 Å². The van der Waals surface area contributed by atoms with Crippen molar-refractivity contribution in [1.29, 1.82) is 5.26 Å². The Labute approximate surface area is 156 Å². The van der Waals surface area contributed by atoms with Gasteiger partial charge >= 0.3 is 0 Å². The Kier molecular flexibility index (Phi) is 4.75. The number of hydrogen-bond acceptors (Lipinski definition) is 5. The summed E-state index contributed by atoms with van der Waals surface area (Å²) in [5.41, 5.74) is 0.764. The van der Waals surface area contributed by atoms with Gasteiger partial charge in [0, 0.05) is 28.5 Å². The summed E-state index contributed by atoms with van der Waals surface area (Å²) in [5, 5.41) is 10.3. The fourth-order valence-corrected chi connectivity index (χ4v) is 4.83. The van der Waals surface area contributed by atoms with Crippen LogP contribution in [-0.4, -0.2) is 38.3 Å². The van der Waals surface area contributed by atoms with Crippen molar-refractivity contribution < 1.29 is 8.42 Å². The van der Waals surface area contributed by atoms with Crippen LogP contribution in [0, 0.1) is 11.3 Å². The zero-order valence-corrected chi connectivity index (χ0v) is 16.5. The highest BCUT2D eigenvalue weighted by Gasteiger charge is 2.34. The van der Waals surface area contributed by atoms with Crippen molar-refractivity contribution in [1.82, 2.24) is 9.71 Å². The molecule has 25 heavy (non-hydrogen) atoms. The topological polar surface area (TPSA) is 86.1 Å². The van der Waals surface area contributed by atoms with Crippen molar-refractivity contribution in [3.8, 4) is 6.07 Å². The molecule has 0 aliphatic carbocycles. The summed E-state index contributed by atoms with van der Waals surface area (Å²) in [6.07, 6.45) is 2.79. The number of rotatable bonds is 3. The lowest BCUT2D eigenvalue weighted by Crippen LogP contribution is -2.56. The highest BCUT2D eigenvalue weighted by Crippen LogP contribution is 2.29. The maximum absolute atomic E-state index is 11.7. The van der Waals surface area contributed by atoms with Gasteiger partial charge in [-0.2, -0.15) is 5.26 Å². The Bertz CT molecular complexity index is 971. The second-order valence-corrected chi connectivity index (χ2v) is 9.43. The molecular formula is C17H19BrN4O2S. The van der Waals surface area contributed by atoms with Crippen LogP contribution >= 0.6 is 15.9 Å². The first-order valence-corrected chi connectivity index (χ1v) is 10.6. The molecule has 1 aromatic heterocycles. The minimum atomic E-state index is -3.29. The van der Waals surface area contributed by atoms with E-state index in [1.165, 1.54) is 6.26 Å². The molecule has 0 spiro atoms. The fourth-order valence-electron chi connectivity index (χ4n) is 3.40. The number of halogens is 1. The minimum Gasteiger partial charge on any atom is -0.355 e. The maximum atomic E-state index is 11.7.